The van der Waals surface area contributed by atoms with Gasteiger partial charge in [-0.05, 0) is 74.2 Å². The molecule has 0 saturated carbocycles. The van der Waals surface area contributed by atoms with Crippen LogP contribution in [0.1, 0.15) is 47.2 Å². The van der Waals surface area contributed by atoms with E-state index in [1.165, 1.54) is 43.5 Å². The molecule has 0 radical (unpaired) electrons. The topological polar surface area (TPSA) is 32.8 Å². The molecule has 0 spiro atoms. The van der Waals surface area contributed by atoms with Crippen LogP contribution in [0.15, 0.2) is 48.5 Å². The Morgan fingerprint density at radius 3 is 2.43 bits per heavy atom. The molecule has 0 unspecified atom stereocenters. The van der Waals surface area contributed by atoms with E-state index in [1.807, 2.05) is 35.2 Å². The fraction of sp³-hybridized carbons (Fsp3) is 0.458. The van der Waals surface area contributed by atoms with Crippen molar-refractivity contribution in [1.82, 2.24) is 9.80 Å². The number of hydrogen-bond acceptors (Lipinski definition) is 3. The summed E-state index contributed by atoms with van der Waals surface area (Å²) in [6, 6.07) is 16.0. The zero-order valence-electron chi connectivity index (χ0n) is 16.6. The molecule has 2 aromatic rings. The summed E-state index contributed by atoms with van der Waals surface area (Å²) in [4.78, 5) is 17.3. The van der Waals surface area contributed by atoms with Crippen molar-refractivity contribution in [2.24, 2.45) is 0 Å². The van der Waals surface area contributed by atoms with Crippen LogP contribution in [0.4, 0.5) is 0 Å². The average Bonchev–Trinajstić information content (AvgIpc) is 2.77. The molecule has 2 aliphatic heterocycles. The van der Waals surface area contributed by atoms with Crippen LogP contribution in [0.5, 0.6) is 5.75 Å². The van der Waals surface area contributed by atoms with Crippen LogP contribution in [-0.2, 0) is 13.0 Å². The molecule has 1 fully saturated rings. The van der Waals surface area contributed by atoms with Crippen LogP contribution in [0, 0.1) is 0 Å². The van der Waals surface area contributed by atoms with Gasteiger partial charge in [0.15, 0.2) is 0 Å². The van der Waals surface area contributed by atoms with Gasteiger partial charge in [0.25, 0.3) is 5.91 Å². The molecule has 0 aliphatic carbocycles. The third kappa shape index (κ3) is 4.74. The van der Waals surface area contributed by atoms with E-state index in [9.17, 15) is 4.79 Å². The van der Waals surface area contributed by atoms with E-state index in [0.717, 1.165) is 43.9 Å². The van der Waals surface area contributed by atoms with Gasteiger partial charge in [0.1, 0.15) is 5.75 Å². The minimum Gasteiger partial charge on any atom is -0.494 e. The highest BCUT2D eigenvalue weighted by Gasteiger charge is 2.21. The van der Waals surface area contributed by atoms with Crippen LogP contribution in [0.25, 0.3) is 0 Å². The summed E-state index contributed by atoms with van der Waals surface area (Å²) >= 11 is 0. The Kier molecular flexibility index (Phi) is 6.27. The maximum absolute atomic E-state index is 12.8. The summed E-state index contributed by atoms with van der Waals surface area (Å²) < 4.78 is 5.87. The second kappa shape index (κ2) is 9.24. The van der Waals surface area contributed by atoms with Crippen LogP contribution in [-0.4, -0.2) is 48.5 Å². The van der Waals surface area contributed by atoms with Gasteiger partial charge in [-0.1, -0.05) is 30.7 Å². The Balaban J connectivity index is 1.25. The van der Waals surface area contributed by atoms with Crippen molar-refractivity contribution >= 4 is 5.91 Å². The van der Waals surface area contributed by atoms with Crippen molar-refractivity contribution in [1.29, 1.82) is 0 Å². The molecule has 4 rings (SSSR count). The highest BCUT2D eigenvalue weighted by Crippen LogP contribution is 2.21. The number of ether oxygens (including phenoxy) is 1. The predicted molar refractivity (Wildman–Crippen MR) is 112 cm³/mol. The van der Waals surface area contributed by atoms with Gasteiger partial charge in [-0.3, -0.25) is 4.79 Å². The number of likely N-dealkylation sites (tertiary alicyclic amines) is 1. The summed E-state index contributed by atoms with van der Waals surface area (Å²) in [7, 11) is 0. The highest BCUT2D eigenvalue weighted by atomic mass is 16.5. The van der Waals surface area contributed by atoms with Crippen molar-refractivity contribution in [2.45, 2.75) is 38.6 Å². The lowest BCUT2D eigenvalue weighted by Crippen LogP contribution is -2.35. The Morgan fingerprint density at radius 1 is 0.893 bits per heavy atom. The Hall–Kier alpha value is -2.33. The number of fused-ring (bicyclic) bond motifs is 1. The van der Waals surface area contributed by atoms with E-state index in [0.29, 0.717) is 6.54 Å². The van der Waals surface area contributed by atoms with Gasteiger partial charge >= 0.3 is 0 Å². The van der Waals surface area contributed by atoms with E-state index < -0.39 is 0 Å². The SMILES string of the molecule is O=C(c1ccc(OCCCN2CCCCC2)cc1)N1CCc2ccccc2C1. The molecule has 2 aromatic carbocycles. The third-order valence-electron chi connectivity index (χ3n) is 5.86. The molecule has 1 saturated heterocycles. The molecule has 4 heteroatoms. The predicted octanol–water partition coefficient (Wildman–Crippen LogP) is 4.14. The molecule has 148 valence electrons. The van der Waals surface area contributed by atoms with E-state index in [4.69, 9.17) is 4.74 Å². The molecule has 1 amide bonds. The molecule has 0 aromatic heterocycles. The Labute approximate surface area is 168 Å². The summed E-state index contributed by atoms with van der Waals surface area (Å²) in [5.74, 6) is 0.949. The molecular weight excluding hydrogens is 348 g/mol. The van der Waals surface area contributed by atoms with Crippen molar-refractivity contribution in [2.75, 3.05) is 32.8 Å². The van der Waals surface area contributed by atoms with Gasteiger partial charge in [0.05, 0.1) is 6.61 Å². The van der Waals surface area contributed by atoms with Crippen molar-refractivity contribution in [3.63, 3.8) is 0 Å². The summed E-state index contributed by atoms with van der Waals surface area (Å²) in [6.07, 6.45) is 6.02. The van der Waals surface area contributed by atoms with Crippen LogP contribution < -0.4 is 4.74 Å². The van der Waals surface area contributed by atoms with Crippen molar-refractivity contribution < 1.29 is 9.53 Å². The number of amides is 1. The monoisotopic (exact) mass is 378 g/mol. The molecule has 4 nitrogen and oxygen atoms in total. The highest BCUT2D eigenvalue weighted by molar-refractivity contribution is 5.94. The normalized spacial score (nSPS) is 17.2. The van der Waals surface area contributed by atoms with Crippen LogP contribution >= 0.6 is 0 Å². The van der Waals surface area contributed by atoms with Gasteiger partial charge in [-0.2, -0.15) is 0 Å². The minimum atomic E-state index is 0.103. The first-order valence-electron chi connectivity index (χ1n) is 10.6. The fourth-order valence-corrected chi connectivity index (χ4v) is 4.21. The zero-order valence-corrected chi connectivity index (χ0v) is 16.6. The number of benzene rings is 2. The molecule has 0 bridgehead atoms. The van der Waals surface area contributed by atoms with Gasteiger partial charge < -0.3 is 14.5 Å². The number of rotatable bonds is 6. The molecule has 0 atom stereocenters. The largest absolute Gasteiger partial charge is 0.494 e. The summed E-state index contributed by atoms with van der Waals surface area (Å²) in [5.41, 5.74) is 3.36. The lowest BCUT2D eigenvalue weighted by Gasteiger charge is -2.29. The average molecular weight is 379 g/mol. The molecule has 2 aliphatic rings. The molecule has 0 N–H and O–H groups in total. The van der Waals surface area contributed by atoms with E-state index in [1.54, 1.807) is 0 Å². The quantitative estimate of drug-likeness (QED) is 0.708. The lowest BCUT2D eigenvalue weighted by atomic mass is 9.99. The molecule has 28 heavy (non-hydrogen) atoms. The standard InChI is InChI=1S/C24H30N2O2/c27-24(26-17-13-20-7-2-3-8-22(20)19-26)21-9-11-23(12-10-21)28-18-6-16-25-14-4-1-5-15-25/h2-3,7-12H,1,4-6,13-19H2. The summed E-state index contributed by atoms with van der Waals surface area (Å²) in [6.45, 7) is 5.80. The van der Waals surface area contributed by atoms with Gasteiger partial charge in [0, 0.05) is 25.2 Å². The number of carbonyl (C=O) groups is 1. The first-order chi connectivity index (χ1) is 13.8. The van der Waals surface area contributed by atoms with Crippen molar-refractivity contribution in [3.8, 4) is 5.75 Å². The first-order valence-corrected chi connectivity index (χ1v) is 10.6. The van der Waals surface area contributed by atoms with Gasteiger partial charge in [0.2, 0.25) is 0 Å². The second-order valence-corrected chi connectivity index (χ2v) is 7.87. The fourth-order valence-electron chi connectivity index (χ4n) is 4.21. The smallest absolute Gasteiger partial charge is 0.254 e. The minimum absolute atomic E-state index is 0.103. The van der Waals surface area contributed by atoms with E-state index in [-0.39, 0.29) is 5.91 Å². The van der Waals surface area contributed by atoms with Crippen LogP contribution in [0.3, 0.4) is 0 Å². The maximum atomic E-state index is 12.8. The zero-order chi connectivity index (χ0) is 19.2. The van der Waals surface area contributed by atoms with Gasteiger partial charge in [-0.15, -0.1) is 0 Å². The summed E-state index contributed by atoms with van der Waals surface area (Å²) in [5, 5.41) is 0. The van der Waals surface area contributed by atoms with Crippen molar-refractivity contribution in [3.05, 3.63) is 65.2 Å². The number of piperidine rings is 1. The number of carbonyl (C=O) groups excluding carboxylic acids is 1. The molecular formula is C24H30N2O2. The van der Waals surface area contributed by atoms with E-state index >= 15 is 0 Å². The lowest BCUT2D eigenvalue weighted by molar-refractivity contribution is 0.0734. The maximum Gasteiger partial charge on any atom is 0.254 e. The Bertz CT molecular complexity index is 781. The Morgan fingerprint density at radius 2 is 1.64 bits per heavy atom. The second-order valence-electron chi connectivity index (χ2n) is 7.87. The third-order valence-corrected chi connectivity index (χ3v) is 5.86. The van der Waals surface area contributed by atoms with Gasteiger partial charge in [-0.25, -0.2) is 0 Å². The van der Waals surface area contributed by atoms with Crippen LogP contribution in [0.2, 0.25) is 0 Å². The first kappa shape index (κ1) is 19.0. The van der Waals surface area contributed by atoms with E-state index in [2.05, 4.69) is 23.1 Å². The molecule has 2 heterocycles. The number of hydrogen-bond donors (Lipinski definition) is 0. The number of nitrogens with zero attached hydrogens (tertiary/aromatic N) is 2.